The number of hydrogen-bond acceptors (Lipinski definition) is 4. The second-order valence-corrected chi connectivity index (χ2v) is 3.22. The molecule has 2 heterocycles. The maximum Gasteiger partial charge on any atom is 0.163 e. The second-order valence-electron chi connectivity index (χ2n) is 3.22. The molecule has 1 saturated heterocycles. The molecule has 1 fully saturated rings. The van der Waals surface area contributed by atoms with Gasteiger partial charge in [0.25, 0.3) is 0 Å². The predicted molar refractivity (Wildman–Crippen MR) is 44.0 cm³/mol. The molecule has 5 heteroatoms. The van der Waals surface area contributed by atoms with E-state index in [1.54, 1.807) is 17.1 Å². The van der Waals surface area contributed by atoms with Gasteiger partial charge >= 0.3 is 0 Å². The van der Waals surface area contributed by atoms with E-state index in [0.29, 0.717) is 0 Å². The van der Waals surface area contributed by atoms with Crippen molar-refractivity contribution in [1.82, 2.24) is 9.55 Å². The first kappa shape index (κ1) is 8.68. The maximum absolute atomic E-state index is 9.53. The number of hydrogen-bond donors (Lipinski definition) is 2. The van der Waals surface area contributed by atoms with Crippen LogP contribution < -0.4 is 0 Å². The summed E-state index contributed by atoms with van der Waals surface area (Å²) in [5.74, 6) is 0. The molecule has 1 aliphatic heterocycles. The molecule has 0 aromatic carbocycles. The normalized spacial score (nSPS) is 33.9. The molecule has 0 radical (unpaired) electrons. The summed E-state index contributed by atoms with van der Waals surface area (Å²) in [5.41, 5.74) is 0.901. The zero-order valence-corrected chi connectivity index (χ0v) is 7.29. The third-order valence-electron chi connectivity index (χ3n) is 2.26. The minimum atomic E-state index is -0.868. The second kappa shape index (κ2) is 3.10. The molecule has 2 rings (SSSR count). The maximum atomic E-state index is 9.53. The summed E-state index contributed by atoms with van der Waals surface area (Å²) in [5, 5.41) is 18.8. The van der Waals surface area contributed by atoms with Crippen molar-refractivity contribution in [2.75, 3.05) is 6.61 Å². The average Bonchev–Trinajstić information content (AvgIpc) is 2.62. The molecular formula is C8H12N2O3. The van der Waals surface area contributed by atoms with Crippen molar-refractivity contribution in [3.63, 3.8) is 0 Å². The van der Waals surface area contributed by atoms with Crippen molar-refractivity contribution in [2.45, 2.75) is 25.4 Å². The Bertz CT molecular complexity index is 299. The largest absolute Gasteiger partial charge is 0.388 e. The molecule has 0 amide bonds. The van der Waals surface area contributed by atoms with E-state index in [1.165, 1.54) is 0 Å². The summed E-state index contributed by atoms with van der Waals surface area (Å²) in [4.78, 5) is 3.92. The first-order valence-corrected chi connectivity index (χ1v) is 4.16. The van der Waals surface area contributed by atoms with Gasteiger partial charge in [-0.15, -0.1) is 0 Å². The molecule has 0 spiro atoms. The standard InChI is InChI=1S/C8H12N2O3/c1-5-2-9-4-10(5)8-7(12)6(11)3-13-8/h2,4,6-8,11-12H,3H2,1H3. The highest BCUT2D eigenvalue weighted by molar-refractivity contribution is 4.98. The molecule has 2 N–H and O–H groups in total. The zero-order chi connectivity index (χ0) is 9.42. The summed E-state index contributed by atoms with van der Waals surface area (Å²) in [6.45, 7) is 2.04. The molecule has 13 heavy (non-hydrogen) atoms. The van der Waals surface area contributed by atoms with Gasteiger partial charge < -0.3 is 19.5 Å². The summed E-state index contributed by atoms with van der Waals surface area (Å²) in [6, 6.07) is 0. The van der Waals surface area contributed by atoms with Gasteiger partial charge in [-0.1, -0.05) is 0 Å². The topological polar surface area (TPSA) is 67.5 Å². The Labute approximate surface area is 75.6 Å². The molecule has 0 saturated carbocycles. The van der Waals surface area contributed by atoms with Crippen molar-refractivity contribution in [2.24, 2.45) is 0 Å². The van der Waals surface area contributed by atoms with Crippen LogP contribution in [0.4, 0.5) is 0 Å². The highest BCUT2D eigenvalue weighted by Crippen LogP contribution is 2.24. The third-order valence-corrected chi connectivity index (χ3v) is 2.26. The van der Waals surface area contributed by atoms with Gasteiger partial charge in [-0.25, -0.2) is 4.98 Å². The molecule has 0 aliphatic carbocycles. The van der Waals surface area contributed by atoms with Crippen molar-refractivity contribution in [3.8, 4) is 0 Å². The van der Waals surface area contributed by atoms with Gasteiger partial charge in [-0.2, -0.15) is 0 Å². The number of rotatable bonds is 1. The molecule has 1 aromatic heterocycles. The van der Waals surface area contributed by atoms with Crippen molar-refractivity contribution >= 4 is 0 Å². The molecule has 3 unspecified atom stereocenters. The SMILES string of the molecule is Cc1cncn1C1OCC(O)C1O. The third kappa shape index (κ3) is 1.35. The summed E-state index contributed by atoms with van der Waals surface area (Å²) >= 11 is 0. The number of aliphatic hydroxyl groups is 2. The Morgan fingerprint density at radius 3 is 2.85 bits per heavy atom. The van der Waals surface area contributed by atoms with E-state index in [1.807, 2.05) is 6.92 Å². The highest BCUT2D eigenvalue weighted by atomic mass is 16.5. The molecule has 5 nitrogen and oxygen atoms in total. The lowest BCUT2D eigenvalue weighted by Crippen LogP contribution is -2.28. The van der Waals surface area contributed by atoms with Crippen LogP contribution >= 0.6 is 0 Å². The van der Waals surface area contributed by atoms with Gasteiger partial charge in [0.1, 0.15) is 12.2 Å². The van der Waals surface area contributed by atoms with Gasteiger partial charge in [-0.3, -0.25) is 0 Å². The van der Waals surface area contributed by atoms with Crippen molar-refractivity contribution in [1.29, 1.82) is 0 Å². The van der Waals surface area contributed by atoms with Gasteiger partial charge in [0.05, 0.1) is 12.9 Å². The summed E-state index contributed by atoms with van der Waals surface area (Å²) in [7, 11) is 0. The monoisotopic (exact) mass is 184 g/mol. The van der Waals surface area contributed by atoms with Crippen LogP contribution in [-0.2, 0) is 4.74 Å². The fourth-order valence-corrected chi connectivity index (χ4v) is 1.47. The van der Waals surface area contributed by atoms with Crippen LogP contribution in [0.3, 0.4) is 0 Å². The average molecular weight is 184 g/mol. The lowest BCUT2D eigenvalue weighted by atomic mass is 10.2. The molecule has 3 atom stereocenters. The smallest absolute Gasteiger partial charge is 0.163 e. The van der Waals surface area contributed by atoms with Crippen LogP contribution in [0.5, 0.6) is 0 Å². The van der Waals surface area contributed by atoms with E-state index in [9.17, 15) is 10.2 Å². The Kier molecular flexibility index (Phi) is 2.07. The highest BCUT2D eigenvalue weighted by Gasteiger charge is 2.36. The molecule has 1 aromatic rings. The minimum Gasteiger partial charge on any atom is -0.388 e. The number of aryl methyl sites for hydroxylation is 1. The Balaban J connectivity index is 2.23. The number of aliphatic hydroxyl groups excluding tert-OH is 2. The number of ether oxygens (including phenoxy) is 1. The van der Waals surface area contributed by atoms with E-state index in [0.717, 1.165) is 5.69 Å². The molecule has 1 aliphatic rings. The van der Waals surface area contributed by atoms with Crippen LogP contribution in [0.15, 0.2) is 12.5 Å². The van der Waals surface area contributed by atoms with Crippen LogP contribution in [0, 0.1) is 6.92 Å². The molecule has 0 bridgehead atoms. The quantitative estimate of drug-likeness (QED) is 0.614. The van der Waals surface area contributed by atoms with Crippen LogP contribution in [0.25, 0.3) is 0 Å². The fourth-order valence-electron chi connectivity index (χ4n) is 1.47. The Morgan fingerprint density at radius 2 is 2.38 bits per heavy atom. The summed E-state index contributed by atoms with van der Waals surface area (Å²) in [6.07, 6.45) is 1.10. The van der Waals surface area contributed by atoms with E-state index >= 15 is 0 Å². The van der Waals surface area contributed by atoms with E-state index < -0.39 is 18.4 Å². The Morgan fingerprint density at radius 1 is 1.62 bits per heavy atom. The molecular weight excluding hydrogens is 172 g/mol. The van der Waals surface area contributed by atoms with E-state index in [-0.39, 0.29) is 6.61 Å². The van der Waals surface area contributed by atoms with Crippen LogP contribution in [0.1, 0.15) is 11.9 Å². The molecule has 72 valence electrons. The summed E-state index contributed by atoms with van der Waals surface area (Å²) < 4.78 is 6.93. The van der Waals surface area contributed by atoms with Gasteiger partial charge in [0, 0.05) is 11.9 Å². The van der Waals surface area contributed by atoms with Gasteiger partial charge in [-0.05, 0) is 6.92 Å². The van der Waals surface area contributed by atoms with Gasteiger partial charge in [0.2, 0.25) is 0 Å². The van der Waals surface area contributed by atoms with Gasteiger partial charge in [0.15, 0.2) is 6.23 Å². The van der Waals surface area contributed by atoms with Crippen molar-refractivity contribution in [3.05, 3.63) is 18.2 Å². The Hall–Kier alpha value is -0.910. The first-order valence-electron chi connectivity index (χ1n) is 4.16. The predicted octanol–water partition coefficient (Wildman–Crippen LogP) is -0.558. The number of imidazole rings is 1. The first-order chi connectivity index (χ1) is 6.20. The van der Waals surface area contributed by atoms with E-state index in [2.05, 4.69) is 4.98 Å². The van der Waals surface area contributed by atoms with E-state index in [4.69, 9.17) is 4.74 Å². The van der Waals surface area contributed by atoms with Crippen molar-refractivity contribution < 1.29 is 14.9 Å². The number of aromatic nitrogens is 2. The van der Waals surface area contributed by atoms with Crippen LogP contribution in [0.2, 0.25) is 0 Å². The lowest BCUT2D eigenvalue weighted by Gasteiger charge is -2.17. The fraction of sp³-hybridized carbons (Fsp3) is 0.625. The minimum absolute atomic E-state index is 0.170. The zero-order valence-electron chi connectivity index (χ0n) is 7.29. The number of nitrogens with zero attached hydrogens (tertiary/aromatic N) is 2. The lowest BCUT2D eigenvalue weighted by molar-refractivity contribution is -0.0194. The van der Waals surface area contributed by atoms with Crippen LogP contribution in [-0.4, -0.2) is 38.6 Å².